The molecule has 0 spiro atoms. The van der Waals surface area contributed by atoms with Crippen molar-refractivity contribution < 1.29 is 68.5 Å². The van der Waals surface area contributed by atoms with Gasteiger partial charge in [-0.3, -0.25) is 4.18 Å². The molecule has 0 fully saturated rings. The Bertz CT molecular complexity index is 508. The molecule has 0 bridgehead atoms. The zero-order chi connectivity index (χ0) is 23.8. The molecular formula is C27H53KO4S. The van der Waals surface area contributed by atoms with Crippen LogP contribution in [0.2, 0.25) is 0 Å². The van der Waals surface area contributed by atoms with Gasteiger partial charge in [-0.15, -0.1) is 0 Å². The van der Waals surface area contributed by atoms with Gasteiger partial charge in [-0.1, -0.05) is 142 Å². The maximum Gasteiger partial charge on any atom is 1.00 e. The minimum Gasteiger partial charge on any atom is -0.726 e. The summed E-state index contributed by atoms with van der Waals surface area (Å²) in [5.74, 6) is 0.0198. The van der Waals surface area contributed by atoms with Crippen LogP contribution < -0.4 is 51.4 Å². The third-order valence-electron chi connectivity index (χ3n) is 6.24. The molecular weight excluding hydrogens is 459 g/mol. The van der Waals surface area contributed by atoms with E-state index >= 15 is 0 Å². The zero-order valence-corrected chi connectivity index (χ0v) is 26.3. The first-order chi connectivity index (χ1) is 15.5. The first-order valence-electron chi connectivity index (χ1n) is 13.8. The van der Waals surface area contributed by atoms with Crippen LogP contribution in [0.15, 0.2) is 12.2 Å². The molecule has 0 saturated carbocycles. The molecule has 4 nitrogen and oxygen atoms in total. The molecule has 0 saturated heterocycles. The standard InChI is InChI=1S/C27H54O4S.K/c1-3-5-7-9-11-13-14-15-17-19-21-23-25-27(26-31-32(28,29)30)24-22-20-18-16-12-10-8-6-4-2;/h22,24,27H,3-21,23,25-26H2,1-2H3,(H,28,29,30);/q;+1/p-1/b24-22+;. The summed E-state index contributed by atoms with van der Waals surface area (Å²) >= 11 is 0. The topological polar surface area (TPSA) is 66.4 Å². The molecule has 0 aliphatic rings. The second-order valence-corrected chi connectivity index (χ2v) is 10.5. The van der Waals surface area contributed by atoms with Crippen molar-refractivity contribution in [3.63, 3.8) is 0 Å². The molecule has 1 unspecified atom stereocenters. The van der Waals surface area contributed by atoms with Crippen LogP contribution in [0.25, 0.3) is 0 Å². The Balaban J connectivity index is 0. The van der Waals surface area contributed by atoms with Gasteiger partial charge >= 0.3 is 51.4 Å². The molecule has 0 aromatic carbocycles. The van der Waals surface area contributed by atoms with Crippen LogP contribution >= 0.6 is 0 Å². The van der Waals surface area contributed by atoms with Crippen molar-refractivity contribution in [2.75, 3.05) is 6.61 Å². The summed E-state index contributed by atoms with van der Waals surface area (Å²) in [5.41, 5.74) is 0. The van der Waals surface area contributed by atoms with E-state index in [2.05, 4.69) is 30.2 Å². The van der Waals surface area contributed by atoms with E-state index in [1.54, 1.807) is 0 Å². The van der Waals surface area contributed by atoms with E-state index in [4.69, 9.17) is 0 Å². The first kappa shape index (κ1) is 36.4. The summed E-state index contributed by atoms with van der Waals surface area (Å²) in [7, 11) is -4.61. The third-order valence-corrected chi connectivity index (χ3v) is 6.66. The first-order valence-corrected chi connectivity index (χ1v) is 15.1. The molecule has 0 aliphatic heterocycles. The van der Waals surface area contributed by atoms with E-state index in [1.807, 2.05) is 0 Å². The predicted molar refractivity (Wildman–Crippen MR) is 137 cm³/mol. The Labute approximate surface area is 249 Å². The average molecular weight is 513 g/mol. The predicted octanol–water partition coefficient (Wildman–Crippen LogP) is 5.87. The van der Waals surface area contributed by atoms with E-state index in [0.717, 1.165) is 19.3 Å². The van der Waals surface area contributed by atoms with Gasteiger partial charge in [0, 0.05) is 5.92 Å². The number of hydrogen-bond acceptors (Lipinski definition) is 4. The SMILES string of the molecule is CCCCCCCCC/C=C/C(CCCCCCCCCCCCCC)COS(=O)(=O)[O-].[K+]. The second kappa shape index (κ2) is 27.8. The fraction of sp³-hybridized carbons (Fsp3) is 0.926. The number of rotatable bonds is 25. The largest absolute Gasteiger partial charge is 1.00 e. The summed E-state index contributed by atoms with van der Waals surface area (Å²) in [6.07, 6.45) is 30.8. The quantitative estimate of drug-likeness (QED) is 0.0504. The maximum absolute atomic E-state index is 10.8. The second-order valence-electron chi connectivity index (χ2n) is 9.47. The number of hydrogen-bond donors (Lipinski definition) is 0. The minimum absolute atomic E-state index is 0. The van der Waals surface area contributed by atoms with Crippen LogP contribution in [0, 0.1) is 5.92 Å². The van der Waals surface area contributed by atoms with Crippen molar-refractivity contribution in [3.05, 3.63) is 12.2 Å². The molecule has 0 aliphatic carbocycles. The van der Waals surface area contributed by atoms with Crippen LogP contribution in [0.1, 0.15) is 149 Å². The van der Waals surface area contributed by atoms with Crippen LogP contribution in [0.5, 0.6) is 0 Å². The van der Waals surface area contributed by atoms with Crippen molar-refractivity contribution in [2.24, 2.45) is 5.92 Å². The minimum atomic E-state index is -4.61. The van der Waals surface area contributed by atoms with E-state index in [1.165, 1.54) is 116 Å². The molecule has 0 aromatic heterocycles. The summed E-state index contributed by atoms with van der Waals surface area (Å²) in [6, 6.07) is 0. The van der Waals surface area contributed by atoms with E-state index in [9.17, 15) is 13.0 Å². The molecule has 0 rings (SSSR count). The molecule has 0 radical (unpaired) electrons. The summed E-state index contributed by atoms with van der Waals surface area (Å²) in [6.45, 7) is 4.48. The Morgan fingerprint density at radius 3 is 1.48 bits per heavy atom. The fourth-order valence-electron chi connectivity index (χ4n) is 4.16. The normalized spacial score (nSPS) is 12.8. The fourth-order valence-corrected chi connectivity index (χ4v) is 4.50. The van der Waals surface area contributed by atoms with Gasteiger partial charge in [0.05, 0.1) is 6.61 Å². The zero-order valence-electron chi connectivity index (χ0n) is 22.3. The molecule has 0 aromatic rings. The molecule has 33 heavy (non-hydrogen) atoms. The molecule has 0 heterocycles. The van der Waals surface area contributed by atoms with Gasteiger partial charge in [-0.05, 0) is 19.3 Å². The van der Waals surface area contributed by atoms with E-state index < -0.39 is 10.4 Å². The summed E-state index contributed by atoms with van der Waals surface area (Å²) in [5, 5.41) is 0. The van der Waals surface area contributed by atoms with Gasteiger partial charge in [-0.25, -0.2) is 8.42 Å². The molecule has 0 N–H and O–H groups in total. The molecule has 0 amide bonds. The van der Waals surface area contributed by atoms with Crippen molar-refractivity contribution in [1.82, 2.24) is 0 Å². The van der Waals surface area contributed by atoms with Gasteiger partial charge in [-0.2, -0.15) is 0 Å². The van der Waals surface area contributed by atoms with Crippen molar-refractivity contribution in [2.45, 2.75) is 149 Å². The maximum atomic E-state index is 10.8. The molecule has 6 heteroatoms. The van der Waals surface area contributed by atoms with Crippen molar-refractivity contribution in [3.8, 4) is 0 Å². The van der Waals surface area contributed by atoms with Gasteiger partial charge < -0.3 is 4.55 Å². The van der Waals surface area contributed by atoms with Crippen LogP contribution in [-0.4, -0.2) is 19.6 Å². The van der Waals surface area contributed by atoms with Gasteiger partial charge in [0.2, 0.25) is 10.4 Å². The van der Waals surface area contributed by atoms with E-state index in [0.29, 0.717) is 0 Å². The summed E-state index contributed by atoms with van der Waals surface area (Å²) < 4.78 is 37.0. The van der Waals surface area contributed by atoms with Gasteiger partial charge in [0.15, 0.2) is 0 Å². The Hall–Kier alpha value is 1.25. The Kier molecular flexibility index (Phi) is 30.7. The Morgan fingerprint density at radius 2 is 1.06 bits per heavy atom. The Morgan fingerprint density at radius 1 is 0.667 bits per heavy atom. The van der Waals surface area contributed by atoms with E-state index in [-0.39, 0.29) is 63.9 Å². The average Bonchev–Trinajstić information content (AvgIpc) is 2.75. The molecule has 192 valence electrons. The van der Waals surface area contributed by atoms with Crippen molar-refractivity contribution in [1.29, 1.82) is 0 Å². The number of unbranched alkanes of at least 4 members (excludes halogenated alkanes) is 18. The summed E-state index contributed by atoms with van der Waals surface area (Å²) in [4.78, 5) is 0. The van der Waals surface area contributed by atoms with Crippen LogP contribution in [0.4, 0.5) is 0 Å². The van der Waals surface area contributed by atoms with Crippen molar-refractivity contribution >= 4 is 10.4 Å². The van der Waals surface area contributed by atoms with Gasteiger partial charge in [0.25, 0.3) is 0 Å². The van der Waals surface area contributed by atoms with Crippen LogP contribution in [-0.2, 0) is 14.6 Å². The smallest absolute Gasteiger partial charge is 0.726 e. The van der Waals surface area contributed by atoms with Gasteiger partial charge in [0.1, 0.15) is 0 Å². The van der Waals surface area contributed by atoms with Crippen LogP contribution in [0.3, 0.4) is 0 Å². The monoisotopic (exact) mass is 512 g/mol. The third kappa shape index (κ3) is 31.2. The molecule has 1 atom stereocenters. The number of allylic oxidation sites excluding steroid dienone is 1.